The van der Waals surface area contributed by atoms with Crippen molar-refractivity contribution in [3.63, 3.8) is 0 Å². The van der Waals surface area contributed by atoms with Gasteiger partial charge in [-0.15, -0.1) is 0 Å². The standard InChI is InChI=1S/C21H29N7O3/c1-31-20-16(4-2-9-22-20)13-24-21-25-14-18(28(29)30)19(26-21)23-12-15-5-7-17(8-6-15)27-10-3-11-27/h2,4,9,14-15,17H,3,5-8,10-13H2,1H3,(H2,23,24,25,26). The Morgan fingerprint density at radius 2 is 2.03 bits per heavy atom. The van der Waals surface area contributed by atoms with Crippen LogP contribution in [0.2, 0.25) is 0 Å². The second-order valence-corrected chi connectivity index (χ2v) is 8.15. The molecule has 4 rings (SSSR count). The lowest BCUT2D eigenvalue weighted by molar-refractivity contribution is -0.384. The lowest BCUT2D eigenvalue weighted by atomic mass is 9.84. The Kier molecular flexibility index (Phi) is 6.76. The number of anilines is 2. The van der Waals surface area contributed by atoms with E-state index in [0.717, 1.165) is 24.4 Å². The van der Waals surface area contributed by atoms with Crippen LogP contribution in [0.15, 0.2) is 24.5 Å². The van der Waals surface area contributed by atoms with Gasteiger partial charge in [-0.2, -0.15) is 4.98 Å². The van der Waals surface area contributed by atoms with Crippen molar-refractivity contribution in [2.45, 2.75) is 44.7 Å². The van der Waals surface area contributed by atoms with Gasteiger partial charge in [0.25, 0.3) is 0 Å². The van der Waals surface area contributed by atoms with Crippen molar-refractivity contribution < 1.29 is 9.66 Å². The monoisotopic (exact) mass is 427 g/mol. The molecule has 0 unspecified atom stereocenters. The van der Waals surface area contributed by atoms with Crippen LogP contribution < -0.4 is 15.4 Å². The van der Waals surface area contributed by atoms with E-state index in [1.165, 1.54) is 38.5 Å². The molecule has 2 aliphatic rings. The summed E-state index contributed by atoms with van der Waals surface area (Å²) < 4.78 is 5.25. The minimum atomic E-state index is -0.447. The first kappa shape index (κ1) is 21.2. The molecule has 0 atom stereocenters. The molecule has 0 amide bonds. The number of methoxy groups -OCH3 is 1. The van der Waals surface area contributed by atoms with E-state index in [4.69, 9.17) is 4.74 Å². The smallest absolute Gasteiger partial charge is 0.329 e. The highest BCUT2D eigenvalue weighted by molar-refractivity contribution is 5.57. The van der Waals surface area contributed by atoms with Gasteiger partial charge in [0.2, 0.25) is 17.6 Å². The Morgan fingerprint density at radius 1 is 1.23 bits per heavy atom. The van der Waals surface area contributed by atoms with Gasteiger partial charge >= 0.3 is 5.69 Å². The van der Waals surface area contributed by atoms with Gasteiger partial charge in [0.15, 0.2) is 0 Å². The zero-order chi connectivity index (χ0) is 21.6. The average Bonchev–Trinajstić information content (AvgIpc) is 2.76. The summed E-state index contributed by atoms with van der Waals surface area (Å²) in [5.41, 5.74) is 0.735. The van der Waals surface area contributed by atoms with Gasteiger partial charge in [-0.1, -0.05) is 6.07 Å². The van der Waals surface area contributed by atoms with E-state index in [1.807, 2.05) is 12.1 Å². The van der Waals surface area contributed by atoms with Crippen molar-refractivity contribution in [2.75, 3.05) is 37.4 Å². The van der Waals surface area contributed by atoms with E-state index in [-0.39, 0.29) is 11.5 Å². The normalized spacial score (nSPS) is 21.2. The molecule has 0 radical (unpaired) electrons. The van der Waals surface area contributed by atoms with Gasteiger partial charge < -0.3 is 20.3 Å². The number of nitro groups is 1. The predicted octanol–water partition coefficient (Wildman–Crippen LogP) is 3.08. The molecule has 2 aromatic heterocycles. The Morgan fingerprint density at radius 3 is 2.71 bits per heavy atom. The highest BCUT2D eigenvalue weighted by atomic mass is 16.6. The summed E-state index contributed by atoms with van der Waals surface area (Å²) in [6.07, 6.45) is 8.92. The van der Waals surface area contributed by atoms with Crippen molar-refractivity contribution in [3.8, 4) is 5.88 Å². The van der Waals surface area contributed by atoms with E-state index in [2.05, 4.69) is 30.5 Å². The maximum Gasteiger partial charge on any atom is 0.329 e. The van der Waals surface area contributed by atoms with Gasteiger partial charge in [0.05, 0.1) is 12.0 Å². The summed E-state index contributed by atoms with van der Waals surface area (Å²) in [5, 5.41) is 17.8. The van der Waals surface area contributed by atoms with Crippen molar-refractivity contribution in [1.82, 2.24) is 19.9 Å². The Bertz CT molecular complexity index is 898. The molecule has 2 fully saturated rings. The number of aromatic nitrogens is 3. The van der Waals surface area contributed by atoms with Crippen molar-refractivity contribution in [2.24, 2.45) is 5.92 Å². The highest BCUT2D eigenvalue weighted by Gasteiger charge is 2.29. The van der Waals surface area contributed by atoms with Crippen LogP contribution in [0.4, 0.5) is 17.5 Å². The number of nitrogens with zero attached hydrogens (tertiary/aromatic N) is 5. The number of pyridine rings is 1. The van der Waals surface area contributed by atoms with Crippen LogP contribution in [0, 0.1) is 16.0 Å². The third kappa shape index (κ3) is 5.19. The molecule has 2 aromatic rings. The molecule has 1 saturated heterocycles. The number of hydrogen-bond donors (Lipinski definition) is 2. The molecule has 10 heteroatoms. The van der Waals surface area contributed by atoms with Gasteiger partial charge in [-0.25, -0.2) is 9.97 Å². The van der Waals surface area contributed by atoms with Crippen LogP contribution in [-0.2, 0) is 6.54 Å². The van der Waals surface area contributed by atoms with Gasteiger partial charge in [0, 0.05) is 30.9 Å². The number of hydrogen-bond acceptors (Lipinski definition) is 9. The fourth-order valence-electron chi connectivity index (χ4n) is 4.30. The third-order valence-corrected chi connectivity index (χ3v) is 6.23. The fraction of sp³-hybridized carbons (Fsp3) is 0.571. The van der Waals surface area contributed by atoms with E-state index in [1.54, 1.807) is 13.3 Å². The minimum Gasteiger partial charge on any atom is -0.481 e. The van der Waals surface area contributed by atoms with Crippen LogP contribution in [0.5, 0.6) is 5.88 Å². The van der Waals surface area contributed by atoms with Crippen LogP contribution in [0.3, 0.4) is 0 Å². The first-order valence-electron chi connectivity index (χ1n) is 10.8. The molecule has 3 heterocycles. The van der Waals surface area contributed by atoms with Crippen LogP contribution in [-0.4, -0.2) is 57.6 Å². The second kappa shape index (κ2) is 9.86. The number of ether oxygens (including phenoxy) is 1. The summed E-state index contributed by atoms with van der Waals surface area (Å²) in [6, 6.07) is 4.43. The van der Waals surface area contributed by atoms with E-state index in [0.29, 0.717) is 30.8 Å². The van der Waals surface area contributed by atoms with Crippen molar-refractivity contribution in [3.05, 3.63) is 40.2 Å². The van der Waals surface area contributed by atoms with Gasteiger partial charge in [-0.05, 0) is 57.2 Å². The average molecular weight is 428 g/mol. The molecule has 1 saturated carbocycles. The molecule has 166 valence electrons. The quantitative estimate of drug-likeness (QED) is 0.460. The largest absolute Gasteiger partial charge is 0.481 e. The fourth-order valence-corrected chi connectivity index (χ4v) is 4.30. The maximum atomic E-state index is 11.4. The van der Waals surface area contributed by atoms with Crippen molar-refractivity contribution >= 4 is 17.5 Å². The van der Waals surface area contributed by atoms with Crippen LogP contribution in [0.1, 0.15) is 37.7 Å². The SMILES string of the molecule is COc1ncccc1CNc1ncc([N+](=O)[O-])c(NCC2CCC(N3CCC3)CC2)n1. The molecule has 0 aromatic carbocycles. The zero-order valence-corrected chi connectivity index (χ0v) is 17.8. The summed E-state index contributed by atoms with van der Waals surface area (Å²) in [6.45, 7) is 3.55. The van der Waals surface area contributed by atoms with Crippen LogP contribution in [0.25, 0.3) is 0 Å². The molecule has 2 N–H and O–H groups in total. The number of nitrogens with one attached hydrogen (secondary N) is 2. The van der Waals surface area contributed by atoms with Crippen molar-refractivity contribution in [1.29, 1.82) is 0 Å². The topological polar surface area (TPSA) is 118 Å². The zero-order valence-electron chi connectivity index (χ0n) is 17.8. The Balaban J connectivity index is 1.36. The molecule has 1 aliphatic carbocycles. The number of likely N-dealkylation sites (tertiary alicyclic amines) is 1. The summed E-state index contributed by atoms with van der Waals surface area (Å²) in [7, 11) is 1.56. The van der Waals surface area contributed by atoms with E-state index < -0.39 is 4.92 Å². The molecule has 1 aliphatic heterocycles. The Labute approximate surface area is 181 Å². The molecular formula is C21H29N7O3. The van der Waals surface area contributed by atoms with Crippen LogP contribution >= 0.6 is 0 Å². The predicted molar refractivity (Wildman–Crippen MR) is 117 cm³/mol. The van der Waals surface area contributed by atoms with E-state index in [9.17, 15) is 10.1 Å². The molecule has 31 heavy (non-hydrogen) atoms. The summed E-state index contributed by atoms with van der Waals surface area (Å²) >= 11 is 0. The lowest BCUT2D eigenvalue weighted by Crippen LogP contribution is -2.46. The first-order chi connectivity index (χ1) is 15.1. The van der Waals surface area contributed by atoms with E-state index >= 15 is 0 Å². The van der Waals surface area contributed by atoms with Gasteiger partial charge in [-0.3, -0.25) is 10.1 Å². The Hall–Kier alpha value is -3.01. The third-order valence-electron chi connectivity index (χ3n) is 6.23. The minimum absolute atomic E-state index is 0.112. The molecule has 0 spiro atoms. The first-order valence-corrected chi connectivity index (χ1v) is 10.8. The summed E-state index contributed by atoms with van der Waals surface area (Å²) in [4.78, 5) is 26.2. The van der Waals surface area contributed by atoms with Gasteiger partial charge in [0.1, 0.15) is 6.20 Å². The molecule has 0 bridgehead atoms. The number of rotatable bonds is 9. The molecule has 10 nitrogen and oxygen atoms in total. The maximum absolute atomic E-state index is 11.4. The summed E-state index contributed by atoms with van der Waals surface area (Å²) in [5.74, 6) is 1.60. The molecular weight excluding hydrogens is 398 g/mol. The highest BCUT2D eigenvalue weighted by Crippen LogP contribution is 2.31. The second-order valence-electron chi connectivity index (χ2n) is 8.15. The lowest BCUT2D eigenvalue weighted by Gasteiger charge is -2.42.